The van der Waals surface area contributed by atoms with Gasteiger partial charge in [0.05, 0.1) is 15.4 Å². The third kappa shape index (κ3) is 1.82. The Morgan fingerprint density at radius 1 is 1.58 bits per heavy atom. The highest BCUT2D eigenvalue weighted by Gasteiger charge is 2.19. The molecule has 2 atom stereocenters. The quantitative estimate of drug-likeness (QED) is 0.654. The summed E-state index contributed by atoms with van der Waals surface area (Å²) in [5.74, 6) is 0. The fourth-order valence-electron chi connectivity index (χ4n) is 1.09. The molecular formula is C8H12N2OS. The van der Waals surface area contributed by atoms with Gasteiger partial charge in [0.1, 0.15) is 5.25 Å². The lowest BCUT2D eigenvalue weighted by atomic mass is 10.1. The maximum absolute atomic E-state index is 11.4. The van der Waals surface area contributed by atoms with E-state index < -0.39 is 9.73 Å². The highest BCUT2D eigenvalue weighted by molar-refractivity contribution is 7.93. The maximum atomic E-state index is 11.4. The molecule has 0 aromatic carbocycles. The second-order valence-electron chi connectivity index (χ2n) is 2.72. The van der Waals surface area contributed by atoms with Gasteiger partial charge < -0.3 is 0 Å². The third-order valence-corrected chi connectivity index (χ3v) is 3.07. The smallest absolute Gasteiger partial charge is 0.102 e. The Labute approximate surface area is 72.9 Å². The zero-order valence-electron chi connectivity index (χ0n) is 7.15. The van der Waals surface area contributed by atoms with Gasteiger partial charge in [-0.25, -0.2) is 4.21 Å². The summed E-state index contributed by atoms with van der Waals surface area (Å²) >= 11 is 0. The van der Waals surface area contributed by atoms with Crippen LogP contribution in [0.3, 0.4) is 0 Å². The van der Waals surface area contributed by atoms with Gasteiger partial charge in [0, 0.05) is 13.3 Å². The van der Waals surface area contributed by atoms with Crippen LogP contribution in [0.15, 0.2) is 29.3 Å². The van der Waals surface area contributed by atoms with Crippen LogP contribution in [-0.2, 0) is 9.73 Å². The van der Waals surface area contributed by atoms with E-state index in [9.17, 15) is 4.21 Å². The van der Waals surface area contributed by atoms with Gasteiger partial charge in [0.2, 0.25) is 0 Å². The predicted molar refractivity (Wildman–Crippen MR) is 52.2 cm³/mol. The summed E-state index contributed by atoms with van der Waals surface area (Å²) in [5.41, 5.74) is 0.722. The number of rotatable bonds is 1. The van der Waals surface area contributed by atoms with Crippen LogP contribution in [0.4, 0.5) is 0 Å². The van der Waals surface area contributed by atoms with Crippen LogP contribution >= 0.6 is 0 Å². The van der Waals surface area contributed by atoms with Gasteiger partial charge in [0.15, 0.2) is 0 Å². The first-order chi connectivity index (χ1) is 5.55. The summed E-state index contributed by atoms with van der Waals surface area (Å²) in [6.07, 6.45) is 8.63. The van der Waals surface area contributed by atoms with E-state index in [0.29, 0.717) is 0 Å². The van der Waals surface area contributed by atoms with Crippen LogP contribution < -0.4 is 0 Å². The highest BCUT2D eigenvalue weighted by Crippen LogP contribution is 2.10. The van der Waals surface area contributed by atoms with Crippen molar-refractivity contribution in [3.63, 3.8) is 0 Å². The largest absolute Gasteiger partial charge is 0.291 e. The summed E-state index contributed by atoms with van der Waals surface area (Å²) in [7, 11) is -0.906. The molecule has 0 heterocycles. The summed E-state index contributed by atoms with van der Waals surface area (Å²) in [6.45, 7) is 0. The van der Waals surface area contributed by atoms with Gasteiger partial charge in [-0.15, -0.1) is 0 Å². The number of nitrogens with one attached hydrogen (secondary N) is 1. The molecule has 0 aliphatic heterocycles. The maximum Gasteiger partial charge on any atom is 0.102 e. The fraction of sp³-hybridized carbons (Fsp3) is 0.375. The second-order valence-corrected chi connectivity index (χ2v) is 5.03. The zero-order valence-corrected chi connectivity index (χ0v) is 7.97. The van der Waals surface area contributed by atoms with E-state index in [4.69, 9.17) is 4.78 Å². The fourth-order valence-corrected chi connectivity index (χ4v) is 2.13. The molecule has 1 rings (SSSR count). The summed E-state index contributed by atoms with van der Waals surface area (Å²) < 4.78 is 18.8. The number of allylic oxidation sites excluding steroid dienone is 3. The Balaban J connectivity index is 3.08. The molecule has 1 N–H and O–H groups in total. The first-order valence-corrected chi connectivity index (χ1v) is 5.63. The van der Waals surface area contributed by atoms with Gasteiger partial charge in [-0.05, 0) is 6.08 Å². The number of hydrogen-bond donors (Lipinski definition) is 1. The molecule has 0 amide bonds. The normalized spacial score (nSPS) is 30.5. The Kier molecular flexibility index (Phi) is 2.47. The molecule has 1 aliphatic rings. The van der Waals surface area contributed by atoms with Crippen molar-refractivity contribution in [1.29, 1.82) is 4.78 Å². The summed E-state index contributed by atoms with van der Waals surface area (Å²) in [6, 6.07) is 0. The minimum Gasteiger partial charge on any atom is -0.291 e. The van der Waals surface area contributed by atoms with Gasteiger partial charge in [0.25, 0.3) is 0 Å². The van der Waals surface area contributed by atoms with E-state index in [1.165, 1.54) is 6.26 Å². The standard InChI is InChI=1S/C8H12N2OS/c1-10-7-5-3-4-6-8(7)12(2,9)11/h3-6,8-9H,1-2H3. The molecule has 0 aromatic rings. The molecule has 0 spiro atoms. The minimum atomic E-state index is -2.56. The minimum absolute atomic E-state index is 0.340. The van der Waals surface area contributed by atoms with Crippen molar-refractivity contribution >= 4 is 15.4 Å². The Morgan fingerprint density at radius 2 is 2.25 bits per heavy atom. The highest BCUT2D eigenvalue weighted by atomic mass is 32.2. The van der Waals surface area contributed by atoms with Crippen molar-refractivity contribution in [2.75, 3.05) is 13.3 Å². The Hall–Kier alpha value is -0.900. The molecule has 0 bridgehead atoms. The lowest BCUT2D eigenvalue weighted by molar-refractivity contribution is 0.678. The van der Waals surface area contributed by atoms with Gasteiger partial charge in [-0.2, -0.15) is 0 Å². The van der Waals surface area contributed by atoms with Crippen molar-refractivity contribution < 1.29 is 4.21 Å². The van der Waals surface area contributed by atoms with Crippen LogP contribution in [0, 0.1) is 4.78 Å². The van der Waals surface area contributed by atoms with E-state index >= 15 is 0 Å². The Bertz CT molecular complexity index is 349. The predicted octanol–water partition coefficient (Wildman–Crippen LogP) is 1.23. The van der Waals surface area contributed by atoms with Crippen molar-refractivity contribution in [2.24, 2.45) is 4.99 Å². The molecular weight excluding hydrogens is 172 g/mol. The van der Waals surface area contributed by atoms with E-state index in [-0.39, 0.29) is 5.25 Å². The molecule has 2 unspecified atom stereocenters. The summed E-state index contributed by atoms with van der Waals surface area (Å²) in [4.78, 5) is 3.97. The zero-order chi connectivity index (χ0) is 9.19. The van der Waals surface area contributed by atoms with Crippen molar-refractivity contribution in [3.05, 3.63) is 24.3 Å². The van der Waals surface area contributed by atoms with Crippen molar-refractivity contribution in [3.8, 4) is 0 Å². The second kappa shape index (κ2) is 3.23. The van der Waals surface area contributed by atoms with Crippen molar-refractivity contribution in [2.45, 2.75) is 5.25 Å². The van der Waals surface area contributed by atoms with Crippen LogP contribution in [-0.4, -0.2) is 28.5 Å². The average molecular weight is 184 g/mol. The molecule has 1 aliphatic carbocycles. The van der Waals surface area contributed by atoms with Crippen molar-refractivity contribution in [1.82, 2.24) is 0 Å². The molecule has 66 valence electrons. The van der Waals surface area contributed by atoms with E-state index in [0.717, 1.165) is 5.71 Å². The van der Waals surface area contributed by atoms with Crippen LogP contribution in [0.25, 0.3) is 0 Å². The number of nitrogens with zero attached hydrogens (tertiary/aromatic N) is 1. The topological polar surface area (TPSA) is 53.3 Å². The lowest BCUT2D eigenvalue weighted by Crippen LogP contribution is -2.26. The number of hydrogen-bond acceptors (Lipinski definition) is 3. The van der Waals surface area contributed by atoms with Crippen LogP contribution in [0.5, 0.6) is 0 Å². The molecule has 12 heavy (non-hydrogen) atoms. The average Bonchev–Trinajstić information content (AvgIpc) is 2.03. The van der Waals surface area contributed by atoms with Crippen LogP contribution in [0.1, 0.15) is 0 Å². The first-order valence-electron chi connectivity index (χ1n) is 3.60. The molecule has 3 nitrogen and oxygen atoms in total. The lowest BCUT2D eigenvalue weighted by Gasteiger charge is -2.15. The number of aliphatic imine (C=N–C) groups is 1. The summed E-state index contributed by atoms with van der Waals surface area (Å²) in [5, 5.41) is -0.340. The molecule has 0 saturated heterocycles. The molecule has 0 saturated carbocycles. The molecule has 4 heteroatoms. The molecule has 0 radical (unpaired) electrons. The first kappa shape index (κ1) is 9.19. The Morgan fingerprint density at radius 3 is 2.67 bits per heavy atom. The third-order valence-electron chi connectivity index (χ3n) is 1.70. The molecule has 0 aromatic heterocycles. The molecule has 0 fully saturated rings. The van der Waals surface area contributed by atoms with E-state index in [1.54, 1.807) is 25.3 Å². The van der Waals surface area contributed by atoms with Crippen LogP contribution in [0.2, 0.25) is 0 Å². The van der Waals surface area contributed by atoms with Gasteiger partial charge in [-0.3, -0.25) is 9.77 Å². The van der Waals surface area contributed by atoms with Gasteiger partial charge in [-0.1, -0.05) is 18.2 Å². The SMILES string of the molecule is CN=C1C=CC=CC1S(C)(=N)=O. The van der Waals surface area contributed by atoms with E-state index in [2.05, 4.69) is 4.99 Å². The van der Waals surface area contributed by atoms with E-state index in [1.807, 2.05) is 6.08 Å². The monoisotopic (exact) mass is 184 g/mol. The van der Waals surface area contributed by atoms with Gasteiger partial charge >= 0.3 is 0 Å².